The van der Waals surface area contributed by atoms with Crippen LogP contribution in [0.2, 0.25) is 10.2 Å². The van der Waals surface area contributed by atoms with Gasteiger partial charge in [0.1, 0.15) is 16.5 Å². The quantitative estimate of drug-likeness (QED) is 0.682. The van der Waals surface area contributed by atoms with Crippen LogP contribution < -0.4 is 5.32 Å². The van der Waals surface area contributed by atoms with Gasteiger partial charge < -0.3 is 5.32 Å². The molecule has 0 radical (unpaired) electrons. The number of nitrogens with zero attached hydrogens (tertiary/aromatic N) is 2. The van der Waals surface area contributed by atoms with Gasteiger partial charge in [-0.3, -0.25) is 4.79 Å². The zero-order valence-corrected chi connectivity index (χ0v) is 15.0. The molecule has 4 nitrogen and oxygen atoms in total. The maximum atomic E-state index is 13.1. The third-order valence-electron chi connectivity index (χ3n) is 3.82. The molecule has 0 aliphatic heterocycles. The average molecular weight is 378 g/mol. The maximum absolute atomic E-state index is 13.1. The van der Waals surface area contributed by atoms with Gasteiger partial charge in [0.25, 0.3) is 5.91 Å². The summed E-state index contributed by atoms with van der Waals surface area (Å²) in [6, 6.07) is 10.9. The molecule has 25 heavy (non-hydrogen) atoms. The molecule has 0 aliphatic rings. The van der Waals surface area contributed by atoms with Gasteiger partial charge in [0.05, 0.1) is 11.4 Å². The fraction of sp³-hybridized carbons (Fsp3) is 0.111. The Hall–Kier alpha value is -2.37. The first kappa shape index (κ1) is 17.5. The molecule has 2 aromatic carbocycles. The van der Waals surface area contributed by atoms with Crippen molar-refractivity contribution in [1.82, 2.24) is 9.78 Å². The molecule has 1 heterocycles. The molecule has 0 spiro atoms. The first-order chi connectivity index (χ1) is 11.9. The number of aromatic nitrogens is 2. The van der Waals surface area contributed by atoms with Crippen LogP contribution in [-0.4, -0.2) is 15.7 Å². The molecular formula is C18H14Cl2FN3O. The molecule has 0 fully saturated rings. The first-order valence-corrected chi connectivity index (χ1v) is 8.21. The number of benzene rings is 2. The Morgan fingerprint density at radius 3 is 2.48 bits per heavy atom. The lowest BCUT2D eigenvalue weighted by Gasteiger charge is -2.09. The lowest BCUT2D eigenvalue weighted by atomic mass is 10.2. The highest BCUT2D eigenvalue weighted by molar-refractivity contribution is 6.34. The number of halogens is 3. The molecule has 3 rings (SSSR count). The number of aryl methyl sites for hydroxylation is 1. The van der Waals surface area contributed by atoms with Gasteiger partial charge in [0.2, 0.25) is 0 Å². The molecule has 0 unspecified atom stereocenters. The molecule has 0 saturated carbocycles. The highest BCUT2D eigenvalue weighted by Gasteiger charge is 2.22. The Bertz CT molecular complexity index is 952. The monoisotopic (exact) mass is 377 g/mol. The van der Waals surface area contributed by atoms with E-state index < -0.39 is 0 Å². The van der Waals surface area contributed by atoms with E-state index in [-0.39, 0.29) is 22.4 Å². The summed E-state index contributed by atoms with van der Waals surface area (Å²) in [6.45, 7) is 3.50. The number of nitrogens with one attached hydrogen (secondary N) is 1. The largest absolute Gasteiger partial charge is 0.322 e. The summed E-state index contributed by atoms with van der Waals surface area (Å²) < 4.78 is 14.5. The van der Waals surface area contributed by atoms with E-state index in [1.807, 2.05) is 6.92 Å². The van der Waals surface area contributed by atoms with E-state index in [1.165, 1.54) is 28.9 Å². The summed E-state index contributed by atoms with van der Waals surface area (Å²) in [7, 11) is 0. The molecule has 0 bridgehead atoms. The highest BCUT2D eigenvalue weighted by atomic mass is 35.5. The zero-order valence-electron chi connectivity index (χ0n) is 13.5. The molecular weight excluding hydrogens is 364 g/mol. The summed E-state index contributed by atoms with van der Waals surface area (Å²) in [6.07, 6.45) is 0. The van der Waals surface area contributed by atoms with Gasteiger partial charge in [-0.05, 0) is 55.8 Å². The fourth-order valence-electron chi connectivity index (χ4n) is 2.44. The van der Waals surface area contributed by atoms with Crippen LogP contribution in [0.25, 0.3) is 5.69 Å². The van der Waals surface area contributed by atoms with Crippen LogP contribution in [0.3, 0.4) is 0 Å². The van der Waals surface area contributed by atoms with Crippen molar-refractivity contribution in [3.8, 4) is 5.69 Å². The van der Waals surface area contributed by atoms with E-state index in [9.17, 15) is 9.18 Å². The van der Waals surface area contributed by atoms with Crippen LogP contribution in [-0.2, 0) is 0 Å². The van der Waals surface area contributed by atoms with Crippen LogP contribution >= 0.6 is 23.2 Å². The minimum Gasteiger partial charge on any atom is -0.322 e. The zero-order chi connectivity index (χ0) is 18.1. The Balaban J connectivity index is 1.96. The molecule has 1 aromatic heterocycles. The Kier molecular flexibility index (Phi) is 4.79. The number of hydrogen-bond acceptors (Lipinski definition) is 2. The van der Waals surface area contributed by atoms with Crippen molar-refractivity contribution in [3.63, 3.8) is 0 Å². The van der Waals surface area contributed by atoms with Crippen LogP contribution in [0.5, 0.6) is 0 Å². The van der Waals surface area contributed by atoms with Crippen molar-refractivity contribution in [2.24, 2.45) is 0 Å². The predicted molar refractivity (Wildman–Crippen MR) is 97.4 cm³/mol. The normalized spacial score (nSPS) is 10.8. The summed E-state index contributed by atoms with van der Waals surface area (Å²) in [5.41, 5.74) is 2.64. The number of hydrogen-bond donors (Lipinski definition) is 1. The SMILES string of the molecule is Cc1nn(-c2ccc(F)cc2)c(Cl)c1C(=O)Nc1cccc(Cl)c1C. The minimum atomic E-state index is -0.388. The fourth-order valence-corrected chi connectivity index (χ4v) is 2.97. The van der Waals surface area contributed by atoms with Crippen molar-refractivity contribution in [3.05, 3.63) is 75.3 Å². The second-order valence-corrected chi connectivity index (χ2v) is 6.27. The third kappa shape index (κ3) is 3.38. The molecule has 7 heteroatoms. The average Bonchev–Trinajstić information content (AvgIpc) is 2.87. The number of carbonyl (C=O) groups is 1. The van der Waals surface area contributed by atoms with Gasteiger partial charge in [-0.1, -0.05) is 29.3 Å². The number of rotatable bonds is 3. The van der Waals surface area contributed by atoms with E-state index in [0.717, 1.165) is 5.56 Å². The second-order valence-electron chi connectivity index (χ2n) is 5.51. The lowest BCUT2D eigenvalue weighted by Crippen LogP contribution is -2.14. The van der Waals surface area contributed by atoms with Gasteiger partial charge >= 0.3 is 0 Å². The lowest BCUT2D eigenvalue weighted by molar-refractivity contribution is 0.102. The van der Waals surface area contributed by atoms with Gasteiger partial charge in [-0.2, -0.15) is 5.10 Å². The highest BCUT2D eigenvalue weighted by Crippen LogP contribution is 2.27. The van der Waals surface area contributed by atoms with Crippen molar-refractivity contribution >= 4 is 34.8 Å². The predicted octanol–water partition coefficient (Wildman–Crippen LogP) is 5.19. The third-order valence-corrected chi connectivity index (χ3v) is 4.58. The van der Waals surface area contributed by atoms with E-state index in [1.54, 1.807) is 25.1 Å². The van der Waals surface area contributed by atoms with Crippen LogP contribution in [0.15, 0.2) is 42.5 Å². The van der Waals surface area contributed by atoms with Crippen LogP contribution in [0.4, 0.5) is 10.1 Å². The maximum Gasteiger partial charge on any atom is 0.260 e. The molecule has 1 N–H and O–H groups in total. The first-order valence-electron chi connectivity index (χ1n) is 7.46. The van der Waals surface area contributed by atoms with E-state index in [2.05, 4.69) is 10.4 Å². The van der Waals surface area contributed by atoms with Crippen molar-refractivity contribution in [1.29, 1.82) is 0 Å². The molecule has 0 aliphatic carbocycles. The summed E-state index contributed by atoms with van der Waals surface area (Å²) in [5.74, 6) is -0.751. The smallest absolute Gasteiger partial charge is 0.260 e. The van der Waals surface area contributed by atoms with Crippen LogP contribution in [0.1, 0.15) is 21.6 Å². The number of carbonyl (C=O) groups excluding carboxylic acids is 1. The molecule has 0 atom stereocenters. The number of amides is 1. The molecule has 3 aromatic rings. The standard InChI is InChI=1S/C18H14Cl2FN3O/c1-10-14(19)4-3-5-15(10)22-18(25)16-11(2)23-24(17(16)20)13-8-6-12(21)7-9-13/h3-9H,1-2H3,(H,22,25). The van der Waals surface area contributed by atoms with E-state index >= 15 is 0 Å². The molecule has 0 saturated heterocycles. The van der Waals surface area contributed by atoms with Gasteiger partial charge in [0, 0.05) is 10.7 Å². The Morgan fingerprint density at radius 2 is 1.80 bits per heavy atom. The summed E-state index contributed by atoms with van der Waals surface area (Å²) in [5, 5.41) is 7.80. The van der Waals surface area contributed by atoms with Gasteiger partial charge in [-0.25, -0.2) is 9.07 Å². The van der Waals surface area contributed by atoms with E-state index in [4.69, 9.17) is 23.2 Å². The van der Waals surface area contributed by atoms with Crippen molar-refractivity contribution in [2.75, 3.05) is 5.32 Å². The Morgan fingerprint density at radius 1 is 1.12 bits per heavy atom. The number of anilines is 1. The second kappa shape index (κ2) is 6.86. The summed E-state index contributed by atoms with van der Waals surface area (Å²) in [4.78, 5) is 12.7. The minimum absolute atomic E-state index is 0.154. The molecule has 128 valence electrons. The van der Waals surface area contributed by atoms with E-state index in [0.29, 0.717) is 22.1 Å². The Labute approximate surface area is 154 Å². The van der Waals surface area contributed by atoms with Gasteiger partial charge in [0.15, 0.2) is 0 Å². The van der Waals surface area contributed by atoms with Gasteiger partial charge in [-0.15, -0.1) is 0 Å². The van der Waals surface area contributed by atoms with Crippen molar-refractivity contribution < 1.29 is 9.18 Å². The van der Waals surface area contributed by atoms with Crippen LogP contribution in [0, 0.1) is 19.7 Å². The topological polar surface area (TPSA) is 46.9 Å². The molecule has 1 amide bonds. The summed E-state index contributed by atoms with van der Waals surface area (Å²) >= 11 is 12.4. The van der Waals surface area contributed by atoms with Crippen molar-refractivity contribution in [2.45, 2.75) is 13.8 Å².